The van der Waals surface area contributed by atoms with Crippen molar-refractivity contribution in [2.75, 3.05) is 19.6 Å². The minimum Gasteiger partial charge on any atom is -0.352 e. The molecule has 1 heterocycles. The first kappa shape index (κ1) is 18.2. The Kier molecular flexibility index (Phi) is 7.39. The predicted molar refractivity (Wildman–Crippen MR) is 89.4 cm³/mol. The molecule has 0 saturated carbocycles. The third-order valence-corrected chi connectivity index (χ3v) is 4.83. The minimum atomic E-state index is 0.0818. The fourth-order valence-corrected chi connectivity index (χ4v) is 2.65. The minimum absolute atomic E-state index is 0.0818. The second-order valence-electron chi connectivity index (χ2n) is 5.41. The summed E-state index contributed by atoms with van der Waals surface area (Å²) in [5.74, 6) is 0.0818. The first-order chi connectivity index (χ1) is 9.88. The molecule has 0 fully saturated rings. The van der Waals surface area contributed by atoms with E-state index in [4.69, 9.17) is 0 Å². The van der Waals surface area contributed by atoms with Gasteiger partial charge in [0.2, 0.25) is 5.91 Å². The van der Waals surface area contributed by atoms with Crippen LogP contribution < -0.4 is 5.32 Å². The Bertz CT molecular complexity index is 468. The van der Waals surface area contributed by atoms with Crippen molar-refractivity contribution in [1.82, 2.24) is 20.0 Å². The Balaban J connectivity index is 2.42. The molecule has 0 aromatic carbocycles. The monoisotopic (exact) mass is 358 g/mol. The molecule has 120 valence electrons. The number of amides is 1. The molecule has 1 aromatic heterocycles. The second-order valence-corrected chi connectivity index (χ2v) is 6.21. The van der Waals surface area contributed by atoms with Crippen LogP contribution in [0.4, 0.5) is 0 Å². The normalized spacial score (nSPS) is 12.7. The molecule has 0 aliphatic heterocycles. The molecule has 0 aliphatic rings. The Morgan fingerprint density at radius 2 is 2.00 bits per heavy atom. The molecular formula is C15H27BrN4O. The molecule has 1 N–H and O–H groups in total. The highest BCUT2D eigenvalue weighted by Gasteiger charge is 2.13. The van der Waals surface area contributed by atoms with Gasteiger partial charge in [0.05, 0.1) is 16.7 Å². The van der Waals surface area contributed by atoms with Crippen molar-refractivity contribution in [1.29, 1.82) is 0 Å². The maximum absolute atomic E-state index is 12.0. The largest absolute Gasteiger partial charge is 0.352 e. The number of hydrogen-bond donors (Lipinski definition) is 1. The molecule has 21 heavy (non-hydrogen) atoms. The first-order valence-corrected chi connectivity index (χ1v) is 8.39. The Morgan fingerprint density at radius 1 is 1.38 bits per heavy atom. The number of hydrogen-bond acceptors (Lipinski definition) is 3. The molecule has 1 aromatic rings. The molecule has 0 bridgehead atoms. The van der Waals surface area contributed by atoms with Crippen LogP contribution >= 0.6 is 15.9 Å². The van der Waals surface area contributed by atoms with Crippen LogP contribution in [0.25, 0.3) is 0 Å². The van der Waals surface area contributed by atoms with Gasteiger partial charge in [0.1, 0.15) is 0 Å². The van der Waals surface area contributed by atoms with Crippen LogP contribution in [0.2, 0.25) is 0 Å². The van der Waals surface area contributed by atoms with Crippen molar-refractivity contribution >= 4 is 21.8 Å². The second kappa shape index (κ2) is 8.54. The van der Waals surface area contributed by atoms with Crippen LogP contribution in [-0.2, 0) is 11.3 Å². The van der Waals surface area contributed by atoms with E-state index in [9.17, 15) is 4.79 Å². The predicted octanol–water partition coefficient (Wildman–Crippen LogP) is 2.50. The number of aryl methyl sites for hydroxylation is 2. The van der Waals surface area contributed by atoms with Crippen molar-refractivity contribution in [3.8, 4) is 0 Å². The number of carbonyl (C=O) groups is 1. The smallest absolute Gasteiger partial charge is 0.222 e. The number of nitrogens with zero attached hydrogens (tertiary/aromatic N) is 3. The van der Waals surface area contributed by atoms with E-state index in [0.717, 1.165) is 35.5 Å². The fourth-order valence-electron chi connectivity index (χ4n) is 2.36. The van der Waals surface area contributed by atoms with Gasteiger partial charge < -0.3 is 10.2 Å². The zero-order valence-corrected chi connectivity index (χ0v) is 15.3. The quantitative estimate of drug-likeness (QED) is 0.776. The van der Waals surface area contributed by atoms with Gasteiger partial charge in [-0.2, -0.15) is 5.10 Å². The summed E-state index contributed by atoms with van der Waals surface area (Å²) in [7, 11) is 0. The van der Waals surface area contributed by atoms with Crippen LogP contribution in [0.1, 0.15) is 38.6 Å². The zero-order valence-electron chi connectivity index (χ0n) is 13.7. The van der Waals surface area contributed by atoms with Crippen molar-refractivity contribution < 1.29 is 4.79 Å². The van der Waals surface area contributed by atoms with E-state index in [0.29, 0.717) is 13.0 Å². The summed E-state index contributed by atoms with van der Waals surface area (Å²) in [4.78, 5) is 14.3. The lowest BCUT2D eigenvalue weighted by atomic mass is 10.2. The average molecular weight is 359 g/mol. The Hall–Kier alpha value is -0.880. The molecule has 0 radical (unpaired) electrons. The summed E-state index contributed by atoms with van der Waals surface area (Å²) in [5.41, 5.74) is 2.03. The summed E-state index contributed by atoms with van der Waals surface area (Å²) in [6.45, 7) is 13.8. The van der Waals surface area contributed by atoms with E-state index < -0.39 is 0 Å². The highest BCUT2D eigenvalue weighted by molar-refractivity contribution is 9.10. The van der Waals surface area contributed by atoms with Crippen LogP contribution in [0, 0.1) is 13.8 Å². The van der Waals surface area contributed by atoms with Crippen molar-refractivity contribution in [3.63, 3.8) is 0 Å². The lowest BCUT2D eigenvalue weighted by molar-refractivity contribution is -0.122. The van der Waals surface area contributed by atoms with Gasteiger partial charge in [-0.05, 0) is 49.8 Å². The van der Waals surface area contributed by atoms with Gasteiger partial charge in [0.15, 0.2) is 0 Å². The van der Waals surface area contributed by atoms with Gasteiger partial charge >= 0.3 is 0 Å². The number of aromatic nitrogens is 2. The molecule has 0 saturated heterocycles. The van der Waals surface area contributed by atoms with Crippen LogP contribution in [0.3, 0.4) is 0 Å². The number of halogens is 1. The van der Waals surface area contributed by atoms with E-state index in [1.807, 2.05) is 18.5 Å². The number of rotatable bonds is 8. The Labute approximate surface area is 136 Å². The summed E-state index contributed by atoms with van der Waals surface area (Å²) in [6, 6.07) is 0.171. The molecule has 0 aliphatic carbocycles. The van der Waals surface area contributed by atoms with Gasteiger partial charge in [0.25, 0.3) is 0 Å². The third-order valence-electron chi connectivity index (χ3n) is 3.68. The molecule has 6 heteroatoms. The van der Waals surface area contributed by atoms with E-state index >= 15 is 0 Å². The maximum Gasteiger partial charge on any atom is 0.222 e. The number of likely N-dealkylation sites (N-methyl/N-ethyl adjacent to an activating group) is 1. The SMILES string of the molecule is CCN(CC)C[C@H](C)NC(=O)CCn1nc(C)c(Br)c1C. The molecule has 0 spiro atoms. The standard InChI is InChI=1S/C15H27BrN4O/c1-6-19(7-2)10-11(3)17-14(21)8-9-20-13(5)15(16)12(4)18-20/h11H,6-10H2,1-5H3,(H,17,21)/t11-/m0/s1. The zero-order chi connectivity index (χ0) is 16.0. The molecule has 1 atom stereocenters. The summed E-state index contributed by atoms with van der Waals surface area (Å²) in [5, 5.41) is 7.47. The van der Waals surface area contributed by atoms with Crippen LogP contribution in [-0.4, -0.2) is 46.3 Å². The van der Waals surface area contributed by atoms with Gasteiger partial charge in [-0.25, -0.2) is 0 Å². The van der Waals surface area contributed by atoms with E-state index in [1.165, 1.54) is 0 Å². The van der Waals surface area contributed by atoms with E-state index in [2.05, 4.69) is 52.0 Å². The van der Waals surface area contributed by atoms with Gasteiger partial charge in [-0.15, -0.1) is 0 Å². The number of nitrogens with one attached hydrogen (secondary N) is 1. The van der Waals surface area contributed by atoms with Crippen molar-refractivity contribution in [3.05, 3.63) is 15.9 Å². The highest BCUT2D eigenvalue weighted by atomic mass is 79.9. The van der Waals surface area contributed by atoms with Crippen molar-refractivity contribution in [2.45, 2.75) is 53.6 Å². The van der Waals surface area contributed by atoms with Gasteiger partial charge in [-0.1, -0.05) is 13.8 Å². The van der Waals surface area contributed by atoms with Gasteiger partial charge in [0, 0.05) is 24.7 Å². The molecular weight excluding hydrogens is 332 g/mol. The maximum atomic E-state index is 12.0. The lowest BCUT2D eigenvalue weighted by Gasteiger charge is -2.23. The first-order valence-electron chi connectivity index (χ1n) is 7.60. The molecule has 1 amide bonds. The lowest BCUT2D eigenvalue weighted by Crippen LogP contribution is -2.42. The molecule has 5 nitrogen and oxygen atoms in total. The summed E-state index contributed by atoms with van der Waals surface area (Å²) in [6.07, 6.45) is 0.455. The van der Waals surface area contributed by atoms with Crippen molar-refractivity contribution in [2.24, 2.45) is 0 Å². The summed E-state index contributed by atoms with van der Waals surface area (Å²) >= 11 is 3.50. The average Bonchev–Trinajstić information content (AvgIpc) is 2.69. The summed E-state index contributed by atoms with van der Waals surface area (Å²) < 4.78 is 2.91. The fraction of sp³-hybridized carbons (Fsp3) is 0.733. The van der Waals surface area contributed by atoms with E-state index in [-0.39, 0.29) is 11.9 Å². The highest BCUT2D eigenvalue weighted by Crippen LogP contribution is 2.19. The topological polar surface area (TPSA) is 50.2 Å². The van der Waals surface area contributed by atoms with Crippen LogP contribution in [0.5, 0.6) is 0 Å². The number of carbonyl (C=O) groups excluding carboxylic acids is 1. The van der Waals surface area contributed by atoms with Crippen LogP contribution in [0.15, 0.2) is 4.47 Å². The Morgan fingerprint density at radius 3 is 2.48 bits per heavy atom. The third kappa shape index (κ3) is 5.43. The molecule has 0 unspecified atom stereocenters. The van der Waals surface area contributed by atoms with E-state index in [1.54, 1.807) is 0 Å². The molecule has 1 rings (SSSR count). The van der Waals surface area contributed by atoms with Gasteiger partial charge in [-0.3, -0.25) is 9.48 Å².